The highest BCUT2D eigenvalue weighted by Gasteiger charge is 2.24. The average Bonchev–Trinajstić information content (AvgIpc) is 3.01. The summed E-state index contributed by atoms with van der Waals surface area (Å²) in [5.74, 6) is 4.12. The van der Waals surface area contributed by atoms with Crippen LogP contribution in [0.1, 0.15) is 67.8 Å². The summed E-state index contributed by atoms with van der Waals surface area (Å²) in [7, 11) is 0. The Balaban J connectivity index is 1.71. The SMILES string of the molecule is C1CCC(c2n[nH]c(C3CCCS3)n2)CC1. The van der Waals surface area contributed by atoms with Crippen LogP contribution in [0.2, 0.25) is 0 Å². The second kappa shape index (κ2) is 4.78. The molecule has 3 nitrogen and oxygen atoms in total. The molecule has 1 atom stereocenters. The van der Waals surface area contributed by atoms with Crippen molar-refractivity contribution in [3.63, 3.8) is 0 Å². The molecule has 2 fully saturated rings. The summed E-state index contributed by atoms with van der Waals surface area (Å²) in [5, 5.41) is 8.19. The predicted octanol–water partition coefficient (Wildman–Crippen LogP) is 3.42. The van der Waals surface area contributed by atoms with Crippen molar-refractivity contribution in [1.82, 2.24) is 15.2 Å². The van der Waals surface area contributed by atoms with Crippen molar-refractivity contribution in [2.45, 2.75) is 56.1 Å². The van der Waals surface area contributed by atoms with Gasteiger partial charge in [0.05, 0.1) is 5.25 Å². The lowest BCUT2D eigenvalue weighted by atomic mass is 9.89. The van der Waals surface area contributed by atoms with Crippen molar-refractivity contribution < 1.29 is 0 Å². The molecule has 1 aromatic rings. The van der Waals surface area contributed by atoms with Crippen molar-refractivity contribution in [2.75, 3.05) is 5.75 Å². The Hall–Kier alpha value is -0.510. The first-order valence-electron chi connectivity index (χ1n) is 6.47. The first-order chi connectivity index (χ1) is 7.93. The Bertz CT molecular complexity index is 338. The number of thioether (sulfide) groups is 1. The van der Waals surface area contributed by atoms with E-state index in [1.54, 1.807) is 0 Å². The summed E-state index contributed by atoms with van der Waals surface area (Å²) in [6.07, 6.45) is 9.27. The monoisotopic (exact) mass is 237 g/mol. The zero-order valence-corrected chi connectivity index (χ0v) is 10.4. The molecule has 3 rings (SSSR count). The summed E-state index contributed by atoms with van der Waals surface area (Å²) >= 11 is 2.02. The topological polar surface area (TPSA) is 41.6 Å². The predicted molar refractivity (Wildman–Crippen MR) is 66.6 cm³/mol. The van der Waals surface area contributed by atoms with E-state index in [0.29, 0.717) is 11.2 Å². The molecule has 0 spiro atoms. The number of hydrogen-bond acceptors (Lipinski definition) is 3. The third kappa shape index (κ3) is 2.12. The summed E-state index contributed by atoms with van der Waals surface area (Å²) in [5.41, 5.74) is 0. The van der Waals surface area contributed by atoms with Crippen LogP contribution in [0.4, 0.5) is 0 Å². The molecule has 0 aromatic carbocycles. The number of aromatic amines is 1. The molecule has 1 aliphatic heterocycles. The van der Waals surface area contributed by atoms with Gasteiger partial charge in [0.25, 0.3) is 0 Å². The number of H-pyrrole nitrogens is 1. The molecule has 1 N–H and O–H groups in total. The minimum Gasteiger partial charge on any atom is -0.262 e. The third-order valence-corrected chi connectivity index (χ3v) is 5.11. The first-order valence-corrected chi connectivity index (χ1v) is 7.52. The van der Waals surface area contributed by atoms with Crippen molar-refractivity contribution in [2.24, 2.45) is 0 Å². The fourth-order valence-corrected chi connectivity index (χ4v) is 3.98. The van der Waals surface area contributed by atoms with E-state index < -0.39 is 0 Å². The van der Waals surface area contributed by atoms with Gasteiger partial charge >= 0.3 is 0 Å². The molecule has 2 heterocycles. The lowest BCUT2D eigenvalue weighted by Gasteiger charge is -2.18. The van der Waals surface area contributed by atoms with Crippen LogP contribution in [0.5, 0.6) is 0 Å². The second-order valence-corrected chi connectivity index (χ2v) is 6.23. The lowest BCUT2D eigenvalue weighted by Crippen LogP contribution is -2.06. The zero-order chi connectivity index (χ0) is 10.8. The molecule has 0 amide bonds. The molecule has 2 aliphatic rings. The van der Waals surface area contributed by atoms with Crippen molar-refractivity contribution in [3.8, 4) is 0 Å². The van der Waals surface area contributed by atoms with Gasteiger partial charge in [-0.2, -0.15) is 16.9 Å². The number of nitrogens with zero attached hydrogens (tertiary/aromatic N) is 2. The van der Waals surface area contributed by atoms with Gasteiger partial charge in [-0.1, -0.05) is 19.3 Å². The molecular formula is C12H19N3S. The van der Waals surface area contributed by atoms with E-state index in [0.717, 1.165) is 11.6 Å². The molecule has 1 saturated heterocycles. The van der Waals surface area contributed by atoms with E-state index in [1.807, 2.05) is 11.8 Å². The van der Waals surface area contributed by atoms with E-state index in [4.69, 9.17) is 4.98 Å². The fraction of sp³-hybridized carbons (Fsp3) is 0.833. The molecule has 0 bridgehead atoms. The Morgan fingerprint density at radius 2 is 1.94 bits per heavy atom. The van der Waals surface area contributed by atoms with Gasteiger partial charge in [-0.3, -0.25) is 5.10 Å². The maximum absolute atomic E-state index is 4.73. The molecule has 1 saturated carbocycles. The Morgan fingerprint density at radius 1 is 1.06 bits per heavy atom. The quantitative estimate of drug-likeness (QED) is 0.857. The molecule has 1 aromatic heterocycles. The van der Waals surface area contributed by atoms with Gasteiger partial charge in [-0.25, -0.2) is 4.98 Å². The van der Waals surface area contributed by atoms with Gasteiger partial charge < -0.3 is 0 Å². The van der Waals surface area contributed by atoms with Crippen LogP contribution in [-0.2, 0) is 0 Å². The Labute approximate surface area is 101 Å². The number of nitrogens with one attached hydrogen (secondary N) is 1. The zero-order valence-electron chi connectivity index (χ0n) is 9.61. The van der Waals surface area contributed by atoms with Gasteiger partial charge in [0.15, 0.2) is 5.82 Å². The van der Waals surface area contributed by atoms with Crippen LogP contribution in [0, 0.1) is 0 Å². The van der Waals surface area contributed by atoms with Crippen LogP contribution in [-0.4, -0.2) is 20.9 Å². The highest BCUT2D eigenvalue weighted by Crippen LogP contribution is 2.39. The van der Waals surface area contributed by atoms with E-state index in [9.17, 15) is 0 Å². The number of hydrogen-bond donors (Lipinski definition) is 1. The van der Waals surface area contributed by atoms with Crippen molar-refractivity contribution in [1.29, 1.82) is 0 Å². The number of aromatic nitrogens is 3. The highest BCUT2D eigenvalue weighted by molar-refractivity contribution is 7.99. The average molecular weight is 237 g/mol. The van der Waals surface area contributed by atoms with Gasteiger partial charge in [-0.15, -0.1) is 0 Å². The lowest BCUT2D eigenvalue weighted by molar-refractivity contribution is 0.429. The van der Waals surface area contributed by atoms with E-state index in [-0.39, 0.29) is 0 Å². The first kappa shape index (κ1) is 10.6. The molecule has 4 heteroatoms. The van der Waals surface area contributed by atoms with Gasteiger partial charge in [0.1, 0.15) is 5.82 Å². The van der Waals surface area contributed by atoms with E-state index >= 15 is 0 Å². The van der Waals surface area contributed by atoms with Crippen LogP contribution in [0.25, 0.3) is 0 Å². The summed E-state index contributed by atoms with van der Waals surface area (Å²) in [6.45, 7) is 0. The smallest absolute Gasteiger partial charge is 0.153 e. The fourth-order valence-electron chi connectivity index (χ4n) is 2.77. The third-order valence-electron chi connectivity index (χ3n) is 3.72. The molecule has 16 heavy (non-hydrogen) atoms. The molecule has 1 unspecified atom stereocenters. The summed E-state index contributed by atoms with van der Waals surface area (Å²) < 4.78 is 0. The normalized spacial score (nSPS) is 27.4. The van der Waals surface area contributed by atoms with Gasteiger partial charge in [0.2, 0.25) is 0 Å². The Morgan fingerprint density at radius 3 is 2.69 bits per heavy atom. The molecule has 1 aliphatic carbocycles. The van der Waals surface area contributed by atoms with Gasteiger partial charge in [-0.05, 0) is 31.4 Å². The van der Waals surface area contributed by atoms with Crippen LogP contribution >= 0.6 is 11.8 Å². The highest BCUT2D eigenvalue weighted by atomic mass is 32.2. The standard InChI is InChI=1S/C12H19N3S/c1-2-5-9(6-3-1)11-13-12(15-14-11)10-7-4-8-16-10/h9-10H,1-8H2,(H,13,14,15). The maximum Gasteiger partial charge on any atom is 0.153 e. The minimum absolute atomic E-state index is 0.588. The second-order valence-electron chi connectivity index (χ2n) is 4.92. The maximum atomic E-state index is 4.73. The van der Waals surface area contributed by atoms with Crippen molar-refractivity contribution >= 4 is 11.8 Å². The van der Waals surface area contributed by atoms with Crippen molar-refractivity contribution in [3.05, 3.63) is 11.6 Å². The largest absolute Gasteiger partial charge is 0.262 e. The summed E-state index contributed by atoms with van der Waals surface area (Å²) in [4.78, 5) is 4.73. The molecule has 88 valence electrons. The molecule has 0 radical (unpaired) electrons. The Kier molecular flexibility index (Phi) is 3.18. The van der Waals surface area contributed by atoms with E-state index in [2.05, 4.69) is 10.2 Å². The number of rotatable bonds is 2. The summed E-state index contributed by atoms with van der Waals surface area (Å²) in [6, 6.07) is 0. The van der Waals surface area contributed by atoms with Crippen LogP contribution in [0.15, 0.2) is 0 Å². The van der Waals surface area contributed by atoms with Crippen LogP contribution < -0.4 is 0 Å². The molecular weight excluding hydrogens is 218 g/mol. The van der Waals surface area contributed by atoms with E-state index in [1.165, 1.54) is 50.7 Å². The van der Waals surface area contributed by atoms with Crippen LogP contribution in [0.3, 0.4) is 0 Å². The van der Waals surface area contributed by atoms with Gasteiger partial charge in [0, 0.05) is 5.92 Å². The minimum atomic E-state index is 0.588.